The molecule has 1 fully saturated rings. The SMILES string of the molecule is CCCCc1ccc(S(=O)(=O)N2CCCCC2)cc1. The van der Waals surface area contributed by atoms with Gasteiger partial charge in [0.1, 0.15) is 0 Å². The molecule has 0 aromatic heterocycles. The zero-order valence-electron chi connectivity index (χ0n) is 11.6. The van der Waals surface area contributed by atoms with Crippen LogP contribution in [0.15, 0.2) is 29.2 Å². The van der Waals surface area contributed by atoms with Crippen LogP contribution in [0.5, 0.6) is 0 Å². The second-order valence-electron chi connectivity index (χ2n) is 5.21. The molecule has 0 unspecified atom stereocenters. The van der Waals surface area contributed by atoms with E-state index in [1.165, 1.54) is 5.56 Å². The molecule has 4 heteroatoms. The van der Waals surface area contributed by atoms with Crippen LogP contribution in [-0.2, 0) is 16.4 Å². The largest absolute Gasteiger partial charge is 0.243 e. The van der Waals surface area contributed by atoms with Crippen molar-refractivity contribution in [2.75, 3.05) is 13.1 Å². The van der Waals surface area contributed by atoms with Crippen molar-refractivity contribution in [3.63, 3.8) is 0 Å². The maximum absolute atomic E-state index is 12.4. The molecule has 0 bridgehead atoms. The zero-order valence-corrected chi connectivity index (χ0v) is 12.5. The molecule has 1 aromatic carbocycles. The number of aryl methyl sites for hydroxylation is 1. The Kier molecular flexibility index (Phi) is 4.99. The van der Waals surface area contributed by atoms with Gasteiger partial charge in [-0.05, 0) is 43.4 Å². The average molecular weight is 281 g/mol. The Bertz CT molecular complexity index is 487. The molecule has 1 heterocycles. The summed E-state index contributed by atoms with van der Waals surface area (Å²) in [6, 6.07) is 7.42. The van der Waals surface area contributed by atoms with Crippen LogP contribution in [0, 0.1) is 0 Å². The molecule has 106 valence electrons. The van der Waals surface area contributed by atoms with Crippen LogP contribution in [0.2, 0.25) is 0 Å². The first-order valence-corrected chi connectivity index (χ1v) is 8.67. The van der Waals surface area contributed by atoms with Gasteiger partial charge in [-0.25, -0.2) is 8.42 Å². The van der Waals surface area contributed by atoms with Crippen molar-refractivity contribution < 1.29 is 8.42 Å². The molecule has 0 spiro atoms. The molecule has 2 rings (SSSR count). The molecule has 0 aliphatic carbocycles. The maximum Gasteiger partial charge on any atom is 0.243 e. The van der Waals surface area contributed by atoms with Crippen molar-refractivity contribution in [3.05, 3.63) is 29.8 Å². The van der Waals surface area contributed by atoms with Gasteiger partial charge in [-0.15, -0.1) is 0 Å². The molecule has 0 N–H and O–H groups in total. The summed E-state index contributed by atoms with van der Waals surface area (Å²) in [4.78, 5) is 0.439. The Morgan fingerprint density at radius 3 is 2.26 bits per heavy atom. The maximum atomic E-state index is 12.4. The normalized spacial score (nSPS) is 17.5. The van der Waals surface area contributed by atoms with Crippen LogP contribution in [0.4, 0.5) is 0 Å². The molecule has 1 saturated heterocycles. The average Bonchev–Trinajstić information content (AvgIpc) is 2.46. The minimum absolute atomic E-state index is 0.439. The predicted molar refractivity (Wildman–Crippen MR) is 77.7 cm³/mol. The van der Waals surface area contributed by atoms with Gasteiger partial charge in [-0.3, -0.25) is 0 Å². The molecule has 3 nitrogen and oxygen atoms in total. The molecular weight excluding hydrogens is 258 g/mol. The first-order chi connectivity index (χ1) is 9.14. The van der Waals surface area contributed by atoms with E-state index in [9.17, 15) is 8.42 Å². The fourth-order valence-electron chi connectivity index (χ4n) is 2.46. The van der Waals surface area contributed by atoms with E-state index in [1.54, 1.807) is 16.4 Å². The zero-order chi connectivity index (χ0) is 13.7. The lowest BCUT2D eigenvalue weighted by Gasteiger charge is -2.25. The quantitative estimate of drug-likeness (QED) is 0.831. The van der Waals surface area contributed by atoms with Gasteiger partial charge in [0.15, 0.2) is 0 Å². The number of unbranched alkanes of at least 4 members (excludes halogenated alkanes) is 1. The summed E-state index contributed by atoms with van der Waals surface area (Å²) in [5, 5.41) is 0. The summed E-state index contributed by atoms with van der Waals surface area (Å²) < 4.78 is 26.5. The Morgan fingerprint density at radius 2 is 1.68 bits per heavy atom. The standard InChI is InChI=1S/C15H23NO2S/c1-2-3-7-14-8-10-15(11-9-14)19(17,18)16-12-5-4-6-13-16/h8-11H,2-7,12-13H2,1H3. The van der Waals surface area contributed by atoms with Gasteiger partial charge >= 0.3 is 0 Å². The highest BCUT2D eigenvalue weighted by atomic mass is 32.2. The molecule has 19 heavy (non-hydrogen) atoms. The number of hydrogen-bond acceptors (Lipinski definition) is 2. The fourth-order valence-corrected chi connectivity index (χ4v) is 3.98. The third-order valence-corrected chi connectivity index (χ3v) is 5.61. The van der Waals surface area contributed by atoms with Crippen molar-refractivity contribution in [1.82, 2.24) is 4.31 Å². The van der Waals surface area contributed by atoms with Crippen molar-refractivity contribution >= 4 is 10.0 Å². The summed E-state index contributed by atoms with van der Waals surface area (Å²) in [7, 11) is -3.27. The van der Waals surface area contributed by atoms with E-state index in [0.29, 0.717) is 18.0 Å². The van der Waals surface area contributed by atoms with E-state index in [4.69, 9.17) is 0 Å². The Morgan fingerprint density at radius 1 is 1.05 bits per heavy atom. The van der Waals surface area contributed by atoms with E-state index in [1.807, 2.05) is 12.1 Å². The first kappa shape index (κ1) is 14.5. The molecule has 0 atom stereocenters. The van der Waals surface area contributed by atoms with Crippen LogP contribution in [0.3, 0.4) is 0 Å². The van der Waals surface area contributed by atoms with Gasteiger partial charge in [-0.1, -0.05) is 31.9 Å². The smallest absolute Gasteiger partial charge is 0.207 e. The van der Waals surface area contributed by atoms with Crippen LogP contribution in [0.25, 0.3) is 0 Å². The lowest BCUT2D eigenvalue weighted by Crippen LogP contribution is -2.35. The van der Waals surface area contributed by atoms with Gasteiger partial charge in [-0.2, -0.15) is 4.31 Å². The van der Waals surface area contributed by atoms with Gasteiger partial charge < -0.3 is 0 Å². The minimum Gasteiger partial charge on any atom is -0.207 e. The second-order valence-corrected chi connectivity index (χ2v) is 7.15. The van der Waals surface area contributed by atoms with E-state index >= 15 is 0 Å². The van der Waals surface area contributed by atoms with Crippen LogP contribution in [-0.4, -0.2) is 25.8 Å². The Hall–Kier alpha value is -0.870. The lowest BCUT2D eigenvalue weighted by molar-refractivity contribution is 0.346. The summed E-state index contributed by atoms with van der Waals surface area (Å²) in [6.07, 6.45) is 6.44. The summed E-state index contributed by atoms with van der Waals surface area (Å²) in [6.45, 7) is 3.50. The number of nitrogens with zero attached hydrogens (tertiary/aromatic N) is 1. The van der Waals surface area contributed by atoms with E-state index < -0.39 is 10.0 Å². The Balaban J connectivity index is 2.11. The van der Waals surface area contributed by atoms with E-state index in [0.717, 1.165) is 38.5 Å². The number of piperidine rings is 1. The van der Waals surface area contributed by atoms with Gasteiger partial charge in [0.25, 0.3) is 0 Å². The third kappa shape index (κ3) is 3.57. The second kappa shape index (κ2) is 6.53. The van der Waals surface area contributed by atoms with Crippen molar-refractivity contribution in [1.29, 1.82) is 0 Å². The van der Waals surface area contributed by atoms with Crippen LogP contribution in [0.1, 0.15) is 44.6 Å². The molecule has 0 radical (unpaired) electrons. The number of rotatable bonds is 5. The van der Waals surface area contributed by atoms with Crippen LogP contribution < -0.4 is 0 Å². The minimum atomic E-state index is -3.27. The van der Waals surface area contributed by atoms with Crippen molar-refractivity contribution in [2.24, 2.45) is 0 Å². The highest BCUT2D eigenvalue weighted by molar-refractivity contribution is 7.89. The summed E-state index contributed by atoms with van der Waals surface area (Å²) in [5.74, 6) is 0. The highest BCUT2D eigenvalue weighted by Gasteiger charge is 2.25. The van der Waals surface area contributed by atoms with Gasteiger partial charge in [0, 0.05) is 13.1 Å². The molecule has 0 amide bonds. The van der Waals surface area contributed by atoms with Crippen LogP contribution >= 0.6 is 0 Å². The molecular formula is C15H23NO2S. The number of sulfonamides is 1. The molecule has 1 aliphatic rings. The molecule has 1 aliphatic heterocycles. The summed E-state index contributed by atoms with van der Waals surface area (Å²) >= 11 is 0. The van der Waals surface area contributed by atoms with Crippen molar-refractivity contribution in [3.8, 4) is 0 Å². The highest BCUT2D eigenvalue weighted by Crippen LogP contribution is 2.21. The van der Waals surface area contributed by atoms with E-state index in [-0.39, 0.29) is 0 Å². The monoisotopic (exact) mass is 281 g/mol. The number of hydrogen-bond donors (Lipinski definition) is 0. The summed E-state index contributed by atoms with van der Waals surface area (Å²) in [5.41, 5.74) is 1.22. The number of benzene rings is 1. The third-order valence-electron chi connectivity index (χ3n) is 3.70. The van der Waals surface area contributed by atoms with Crippen molar-refractivity contribution in [2.45, 2.75) is 50.3 Å². The van der Waals surface area contributed by atoms with Gasteiger partial charge in [0.05, 0.1) is 4.90 Å². The topological polar surface area (TPSA) is 37.4 Å². The van der Waals surface area contributed by atoms with E-state index in [2.05, 4.69) is 6.92 Å². The molecule has 0 saturated carbocycles. The van der Waals surface area contributed by atoms with Gasteiger partial charge in [0.2, 0.25) is 10.0 Å². The Labute approximate surface area is 116 Å². The fraction of sp³-hybridized carbons (Fsp3) is 0.600. The molecule has 1 aromatic rings. The predicted octanol–water partition coefficient (Wildman–Crippen LogP) is 3.20. The lowest BCUT2D eigenvalue weighted by atomic mass is 10.1. The first-order valence-electron chi connectivity index (χ1n) is 7.23.